The highest BCUT2D eigenvalue weighted by Gasteiger charge is 2.16. The number of benzene rings is 8. The molecule has 0 saturated carbocycles. The first-order chi connectivity index (χ1) is 60.7. The molecule has 8 N–H and O–H groups in total. The lowest BCUT2D eigenvalue weighted by Gasteiger charge is -2.07. The zero-order chi connectivity index (χ0) is 88.5. The van der Waals surface area contributed by atoms with E-state index in [-0.39, 0.29) is 5.82 Å². The van der Waals surface area contributed by atoms with Crippen LogP contribution in [0.3, 0.4) is 0 Å². The lowest BCUT2D eigenvalue weighted by Crippen LogP contribution is -1.96. The maximum absolute atomic E-state index is 13.6. The summed E-state index contributed by atoms with van der Waals surface area (Å²) in [6.07, 6.45) is 36.7. The first kappa shape index (κ1) is 96.5. The van der Waals surface area contributed by atoms with Gasteiger partial charge in [0.15, 0.2) is 11.6 Å². The minimum absolute atomic E-state index is 0.306. The average Bonchev–Trinajstić information content (AvgIpc) is 1.63. The number of ether oxygens (including phenoxy) is 8. The first-order valence-corrected chi connectivity index (χ1v) is 46.2. The monoisotopic (exact) mass is 1710 g/mol. The van der Waals surface area contributed by atoms with Crippen molar-refractivity contribution in [1.82, 2.24) is 39.9 Å². The molecule has 0 amide bonds. The van der Waals surface area contributed by atoms with E-state index in [4.69, 9.17) is 49.5 Å². The molecule has 16 aromatic rings. The Morgan fingerprint density at radius 1 is 0.234 bits per heavy atom. The van der Waals surface area contributed by atoms with Crippen LogP contribution >= 0.6 is 11.6 Å². The number of aromatic nitrogens is 8. The Bertz CT molecular complexity index is 5270. The molecule has 0 fully saturated rings. The molecule has 0 atom stereocenters. The van der Waals surface area contributed by atoms with E-state index in [1.807, 2.05) is 96.3 Å². The van der Waals surface area contributed by atoms with Crippen molar-refractivity contribution in [1.29, 1.82) is 0 Å². The van der Waals surface area contributed by atoms with Crippen LogP contribution in [0.2, 0.25) is 5.02 Å². The van der Waals surface area contributed by atoms with Gasteiger partial charge in [-0.05, 0) is 217 Å². The molecule has 0 aliphatic carbocycles. The Hall–Kier alpha value is -11.3. The number of aromatic amines is 8. The van der Waals surface area contributed by atoms with Crippen LogP contribution in [0, 0.1) is 5.82 Å². The fourth-order valence-corrected chi connectivity index (χ4v) is 15.8. The number of nitrogens with one attached hydrogen (secondary N) is 8. The van der Waals surface area contributed by atoms with Crippen molar-refractivity contribution in [2.75, 3.05) is 52.9 Å². The van der Waals surface area contributed by atoms with Gasteiger partial charge >= 0.3 is 0 Å². The molecule has 664 valence electrons. The maximum atomic E-state index is 13.6. The normalized spacial score (nSPS) is 10.9. The van der Waals surface area contributed by atoms with E-state index >= 15 is 0 Å². The molecule has 8 aromatic carbocycles. The number of para-hydroxylation sites is 4. The molecule has 8 aromatic heterocycles. The Balaban J connectivity index is 0.000000161. The summed E-state index contributed by atoms with van der Waals surface area (Å²) < 4.78 is 58.2. The number of aryl methyl sites for hydroxylation is 8. The molecule has 8 heterocycles. The summed E-state index contributed by atoms with van der Waals surface area (Å²) in [6, 6.07) is 44.5. The highest BCUT2D eigenvalue weighted by molar-refractivity contribution is 6.32. The van der Waals surface area contributed by atoms with E-state index in [9.17, 15) is 4.39 Å². The van der Waals surface area contributed by atoms with Gasteiger partial charge in [-0.2, -0.15) is 0 Å². The minimum Gasteiger partial charge on any atom is -0.493 e. The van der Waals surface area contributed by atoms with E-state index in [0.717, 1.165) is 182 Å². The lowest BCUT2D eigenvalue weighted by molar-refractivity contribution is 0.321. The van der Waals surface area contributed by atoms with Crippen molar-refractivity contribution >= 4 is 98.8 Å². The van der Waals surface area contributed by atoms with Gasteiger partial charge in [0, 0.05) is 121 Å². The molecule has 0 unspecified atom stereocenters. The van der Waals surface area contributed by atoms with Crippen molar-refractivity contribution in [3.63, 3.8) is 0 Å². The number of halogens is 2. The highest BCUT2D eigenvalue weighted by atomic mass is 35.5. The van der Waals surface area contributed by atoms with Crippen LogP contribution in [0.25, 0.3) is 87.2 Å². The van der Waals surface area contributed by atoms with Gasteiger partial charge in [-0.1, -0.05) is 193 Å². The molecule has 0 radical (unpaired) electrons. The summed E-state index contributed by atoms with van der Waals surface area (Å²) >= 11 is 6.12. The van der Waals surface area contributed by atoms with Crippen molar-refractivity contribution in [2.45, 2.75) is 226 Å². The van der Waals surface area contributed by atoms with Crippen LogP contribution in [0.5, 0.6) is 46.0 Å². The standard InChI is InChI=1S/2C14H19NO.C13H16ClNO.C13H16FNO.4C13H17NO/c2*1-3-6-11-10-15-12-7-5-8-13(14(11)12)16-9-4-2;2*1-3-5-9-8-15-12-7-11(14)13(16-4-2)6-10(9)12;4*1-3-6-10-9-14-13-11(10)7-5-8-12(13)15-4-2/h2*5,7-8,10,15H,3-4,6,9H2,1-2H3;2*6-8,15H,3-5H2,1-2H3;4*5,7-9,14H,3-4,6H2,1-2H3. The van der Waals surface area contributed by atoms with Gasteiger partial charge in [0.1, 0.15) is 40.2 Å². The molecular formula is C106H138ClFN8O8. The zero-order valence-electron chi connectivity index (χ0n) is 76.7. The summed E-state index contributed by atoms with van der Waals surface area (Å²) in [7, 11) is 0. The third-order valence-corrected chi connectivity index (χ3v) is 21.4. The van der Waals surface area contributed by atoms with Crippen LogP contribution in [-0.4, -0.2) is 92.7 Å². The summed E-state index contributed by atoms with van der Waals surface area (Å²) in [5.41, 5.74) is 19.6. The topological polar surface area (TPSA) is 200 Å². The third-order valence-electron chi connectivity index (χ3n) is 21.1. The zero-order valence-corrected chi connectivity index (χ0v) is 77.5. The second kappa shape index (κ2) is 51.7. The first-order valence-electron chi connectivity index (χ1n) is 45.9. The number of hydrogen-bond donors (Lipinski definition) is 8. The van der Waals surface area contributed by atoms with Crippen LogP contribution in [0.4, 0.5) is 4.39 Å². The minimum atomic E-state index is -0.306. The molecule has 124 heavy (non-hydrogen) atoms. The predicted molar refractivity (Wildman–Crippen MR) is 522 cm³/mol. The van der Waals surface area contributed by atoms with Gasteiger partial charge in [-0.3, -0.25) is 0 Å². The molecule has 0 aliphatic heterocycles. The lowest BCUT2D eigenvalue weighted by atomic mass is 10.1. The van der Waals surface area contributed by atoms with Crippen molar-refractivity contribution in [2.24, 2.45) is 0 Å². The van der Waals surface area contributed by atoms with Gasteiger partial charge in [0.05, 0.1) is 79.9 Å². The smallest absolute Gasteiger partial charge is 0.167 e. The number of hydrogen-bond acceptors (Lipinski definition) is 8. The maximum Gasteiger partial charge on any atom is 0.167 e. The molecular weight excluding hydrogens is 1570 g/mol. The second-order valence-corrected chi connectivity index (χ2v) is 30.9. The molecule has 18 heteroatoms. The third kappa shape index (κ3) is 25.9. The fourth-order valence-electron chi connectivity index (χ4n) is 15.6. The van der Waals surface area contributed by atoms with Crippen molar-refractivity contribution in [3.05, 3.63) is 238 Å². The van der Waals surface area contributed by atoms with Gasteiger partial charge in [0.25, 0.3) is 0 Å². The van der Waals surface area contributed by atoms with Crippen LogP contribution in [0.15, 0.2) is 183 Å². The van der Waals surface area contributed by atoms with Crippen LogP contribution in [-0.2, 0) is 51.4 Å². The summed E-state index contributed by atoms with van der Waals surface area (Å²) in [5.74, 6) is 6.66. The largest absolute Gasteiger partial charge is 0.493 e. The Morgan fingerprint density at radius 3 is 0.798 bits per heavy atom. The van der Waals surface area contributed by atoms with Crippen LogP contribution < -0.4 is 37.9 Å². The number of rotatable bonds is 34. The predicted octanol–water partition coefficient (Wildman–Crippen LogP) is 29.7. The van der Waals surface area contributed by atoms with Gasteiger partial charge < -0.3 is 77.8 Å². The van der Waals surface area contributed by atoms with Gasteiger partial charge in [-0.15, -0.1) is 0 Å². The van der Waals surface area contributed by atoms with Crippen molar-refractivity contribution < 1.29 is 42.3 Å². The van der Waals surface area contributed by atoms with E-state index in [2.05, 4.69) is 225 Å². The van der Waals surface area contributed by atoms with E-state index in [1.165, 1.54) is 125 Å². The number of H-pyrrole nitrogens is 8. The molecule has 0 aliphatic rings. The molecule has 0 bridgehead atoms. The highest BCUT2D eigenvalue weighted by Crippen LogP contribution is 2.37. The van der Waals surface area contributed by atoms with Gasteiger partial charge in [-0.25, -0.2) is 4.39 Å². The van der Waals surface area contributed by atoms with Crippen LogP contribution in [0.1, 0.15) is 219 Å². The molecule has 16 rings (SSSR count). The summed E-state index contributed by atoms with van der Waals surface area (Å²) in [6.45, 7) is 39.2. The Kier molecular flexibility index (Phi) is 40.3. The van der Waals surface area contributed by atoms with E-state index < -0.39 is 0 Å². The van der Waals surface area contributed by atoms with Gasteiger partial charge in [0.2, 0.25) is 0 Å². The Morgan fingerprint density at radius 2 is 0.484 bits per heavy atom. The Labute approximate surface area is 740 Å². The molecule has 0 saturated heterocycles. The second-order valence-electron chi connectivity index (χ2n) is 30.5. The SMILES string of the molecule is CCCOc1cccc2[nH]cc(CCC)c12.CCCOc1cccc2[nH]cc(CCC)c12.CCCc1c[nH]c2c(OCC)cccc12.CCCc1c[nH]c2c(OCC)cccc12.CCCc1c[nH]c2c(OCC)cccc12.CCCc1c[nH]c2c(OCC)cccc12.CCCc1c[nH]c2cc(Cl)c(OCC)cc12.CCCc1c[nH]c2cc(F)c(OCC)cc12. The summed E-state index contributed by atoms with van der Waals surface area (Å²) in [5, 5.41) is 10.6. The average molecular weight is 1710 g/mol. The fraction of sp³-hybridized carbons (Fsp3) is 0.396. The number of fused-ring (bicyclic) bond motifs is 8. The van der Waals surface area contributed by atoms with E-state index in [0.29, 0.717) is 50.4 Å². The summed E-state index contributed by atoms with van der Waals surface area (Å²) in [4.78, 5) is 26.2. The molecule has 16 nitrogen and oxygen atoms in total. The quantitative estimate of drug-likeness (QED) is 0.0195. The van der Waals surface area contributed by atoms with Crippen molar-refractivity contribution in [3.8, 4) is 46.0 Å². The van der Waals surface area contributed by atoms with E-state index in [1.54, 1.807) is 6.07 Å². The molecule has 0 spiro atoms.